The second-order valence-corrected chi connectivity index (χ2v) is 21.4. The number of benzene rings is 1. The van der Waals surface area contributed by atoms with E-state index in [4.69, 9.17) is 14.5 Å². The SMILES string of the molecule is Cc1cc(-c2ncnc3c(C(=O)NC4CCC(N(C(=O)O)C(C)(C)C)CC4)c(C)n(COCC[Si](C)(C)C)c23)c(OCC2CC2)cc1F. The Balaban J connectivity index is 1.48. The molecule has 0 aliphatic heterocycles. The maximum atomic E-state index is 14.9. The Labute approximate surface area is 284 Å². The molecular formula is C36H52FN5O5Si. The third kappa shape index (κ3) is 8.19. The van der Waals surface area contributed by atoms with Crippen LogP contribution in [0.25, 0.3) is 22.3 Å². The predicted molar refractivity (Wildman–Crippen MR) is 188 cm³/mol. The molecule has 0 atom stereocenters. The molecule has 0 spiro atoms. The quantitative estimate of drug-likeness (QED) is 0.148. The lowest BCUT2D eigenvalue weighted by atomic mass is 9.88. The van der Waals surface area contributed by atoms with Crippen molar-refractivity contribution in [1.29, 1.82) is 0 Å². The molecule has 0 saturated heterocycles. The summed E-state index contributed by atoms with van der Waals surface area (Å²) in [5, 5.41) is 13.1. The van der Waals surface area contributed by atoms with Gasteiger partial charge in [-0.05, 0) is 96.7 Å². The first-order chi connectivity index (χ1) is 22.5. The fraction of sp³-hybridized carbons (Fsp3) is 0.611. The summed E-state index contributed by atoms with van der Waals surface area (Å²) in [5.41, 5.74) is 3.46. The Morgan fingerprint density at radius 1 is 1.08 bits per heavy atom. The van der Waals surface area contributed by atoms with E-state index in [1.165, 1.54) is 12.4 Å². The minimum Gasteiger partial charge on any atom is -0.492 e. The van der Waals surface area contributed by atoms with E-state index in [0.717, 1.165) is 18.9 Å². The number of carboxylic acid groups (broad SMARTS) is 1. The molecule has 1 aromatic carbocycles. The Bertz CT molecular complexity index is 1650. The number of rotatable bonds is 12. The molecule has 0 bridgehead atoms. The third-order valence-corrected chi connectivity index (χ3v) is 11.3. The minimum absolute atomic E-state index is 0.0985. The summed E-state index contributed by atoms with van der Waals surface area (Å²) in [6.45, 7) is 17.6. The summed E-state index contributed by atoms with van der Waals surface area (Å²) in [6.07, 6.45) is 5.42. The highest BCUT2D eigenvalue weighted by atomic mass is 28.3. The smallest absolute Gasteiger partial charge is 0.407 e. The van der Waals surface area contributed by atoms with E-state index in [-0.39, 0.29) is 30.5 Å². The highest BCUT2D eigenvalue weighted by molar-refractivity contribution is 6.76. The van der Waals surface area contributed by atoms with Crippen LogP contribution in [0.3, 0.4) is 0 Å². The normalized spacial score (nSPS) is 18.6. The van der Waals surface area contributed by atoms with Crippen LogP contribution in [0.5, 0.6) is 5.75 Å². The lowest BCUT2D eigenvalue weighted by Gasteiger charge is -2.42. The van der Waals surface area contributed by atoms with Crippen molar-refractivity contribution in [2.24, 2.45) is 5.92 Å². The summed E-state index contributed by atoms with van der Waals surface area (Å²) in [4.78, 5) is 37.0. The van der Waals surface area contributed by atoms with Crippen LogP contribution in [0.2, 0.25) is 25.7 Å². The van der Waals surface area contributed by atoms with Crippen molar-refractivity contribution in [3.63, 3.8) is 0 Å². The fourth-order valence-electron chi connectivity index (χ4n) is 6.64. The Morgan fingerprint density at radius 3 is 2.38 bits per heavy atom. The summed E-state index contributed by atoms with van der Waals surface area (Å²) in [7, 11) is -1.34. The van der Waals surface area contributed by atoms with Crippen LogP contribution in [0.15, 0.2) is 18.5 Å². The van der Waals surface area contributed by atoms with Gasteiger partial charge in [-0.25, -0.2) is 19.2 Å². The van der Waals surface area contributed by atoms with Crippen molar-refractivity contribution in [2.75, 3.05) is 13.2 Å². The number of nitrogens with one attached hydrogen (secondary N) is 1. The Morgan fingerprint density at radius 2 is 1.77 bits per heavy atom. The molecule has 0 unspecified atom stereocenters. The van der Waals surface area contributed by atoms with Crippen LogP contribution in [-0.4, -0.2) is 75.5 Å². The maximum Gasteiger partial charge on any atom is 0.407 e. The molecule has 2 aromatic heterocycles. The first kappa shape index (κ1) is 35.8. The number of nitrogens with zero attached hydrogens (tertiary/aromatic N) is 4. The summed E-state index contributed by atoms with van der Waals surface area (Å²) >= 11 is 0. The molecule has 12 heteroatoms. The summed E-state index contributed by atoms with van der Waals surface area (Å²) < 4.78 is 29.2. The van der Waals surface area contributed by atoms with Gasteiger partial charge in [-0.2, -0.15) is 0 Å². The third-order valence-electron chi connectivity index (χ3n) is 9.55. The Kier molecular flexibility index (Phi) is 10.5. The van der Waals surface area contributed by atoms with E-state index in [1.54, 1.807) is 17.9 Å². The first-order valence-corrected chi connectivity index (χ1v) is 20.9. The second-order valence-electron chi connectivity index (χ2n) is 15.8. The van der Waals surface area contributed by atoms with E-state index in [9.17, 15) is 19.1 Å². The van der Waals surface area contributed by atoms with E-state index < -0.39 is 19.7 Å². The van der Waals surface area contributed by atoms with Gasteiger partial charge >= 0.3 is 6.09 Å². The molecule has 2 N–H and O–H groups in total. The van der Waals surface area contributed by atoms with Crippen molar-refractivity contribution in [3.8, 4) is 17.0 Å². The largest absolute Gasteiger partial charge is 0.492 e. The average molecular weight is 682 g/mol. The standard InChI is InChI=1S/C36H52FN5O5Si/c1-22-17-27(29(18-28(22)37)47-19-24-9-10-24)31-33-32(39-20-38-31)30(23(2)41(33)21-46-15-16-48(6,7)8)34(43)40-25-11-13-26(14-12-25)42(35(44)45)36(3,4)5/h17-18,20,24-26H,9-16,19,21H2,1-8H3,(H,40,43)(H,44,45). The van der Waals surface area contributed by atoms with Crippen LogP contribution in [0, 0.1) is 25.6 Å². The van der Waals surface area contributed by atoms with Gasteiger partial charge in [0.25, 0.3) is 5.91 Å². The van der Waals surface area contributed by atoms with E-state index in [0.29, 0.717) is 89.7 Å². The first-order valence-electron chi connectivity index (χ1n) is 17.2. The zero-order chi connectivity index (χ0) is 35.0. The highest BCUT2D eigenvalue weighted by Crippen LogP contribution is 2.39. The van der Waals surface area contributed by atoms with Gasteiger partial charge in [0.15, 0.2) is 0 Å². The number of carbonyl (C=O) groups excluding carboxylic acids is 1. The number of hydrogen-bond donors (Lipinski definition) is 2. The van der Waals surface area contributed by atoms with Gasteiger partial charge in [-0.15, -0.1) is 0 Å². The van der Waals surface area contributed by atoms with Crippen molar-refractivity contribution in [2.45, 2.75) is 123 Å². The zero-order valence-electron chi connectivity index (χ0n) is 29.8. The molecule has 2 aliphatic rings. The molecule has 262 valence electrons. The number of aryl methyl sites for hydroxylation is 1. The summed E-state index contributed by atoms with van der Waals surface area (Å²) in [5.74, 6) is 0.311. The van der Waals surface area contributed by atoms with Gasteiger partial charge in [-0.1, -0.05) is 19.6 Å². The molecule has 3 aromatic rings. The van der Waals surface area contributed by atoms with Crippen LogP contribution in [0.1, 0.15) is 80.9 Å². The number of amides is 2. The van der Waals surface area contributed by atoms with Crippen molar-refractivity contribution < 1.29 is 28.6 Å². The van der Waals surface area contributed by atoms with Crippen molar-refractivity contribution in [3.05, 3.63) is 41.1 Å². The second kappa shape index (κ2) is 14.1. The number of fused-ring (bicyclic) bond motifs is 1. The highest BCUT2D eigenvalue weighted by Gasteiger charge is 2.36. The minimum atomic E-state index is -1.34. The number of aromatic nitrogens is 3. The molecule has 2 aliphatic carbocycles. The fourth-order valence-corrected chi connectivity index (χ4v) is 7.40. The van der Waals surface area contributed by atoms with Gasteiger partial charge in [0.2, 0.25) is 0 Å². The molecule has 48 heavy (non-hydrogen) atoms. The number of halogens is 1. The Hall–Kier alpha value is -3.51. The molecule has 0 radical (unpaired) electrons. The summed E-state index contributed by atoms with van der Waals surface area (Å²) in [6, 6.07) is 3.99. The van der Waals surface area contributed by atoms with Crippen LogP contribution >= 0.6 is 0 Å². The van der Waals surface area contributed by atoms with Crippen molar-refractivity contribution >= 4 is 31.1 Å². The van der Waals surface area contributed by atoms with Crippen LogP contribution in [0.4, 0.5) is 9.18 Å². The number of hydrogen-bond acceptors (Lipinski definition) is 6. The number of carbonyl (C=O) groups is 2. The van der Waals surface area contributed by atoms with E-state index >= 15 is 0 Å². The lowest BCUT2D eigenvalue weighted by molar-refractivity contribution is 0.0519. The lowest BCUT2D eigenvalue weighted by Crippen LogP contribution is -2.53. The van der Waals surface area contributed by atoms with Gasteiger partial charge in [0, 0.05) is 49.6 Å². The van der Waals surface area contributed by atoms with Crippen LogP contribution in [-0.2, 0) is 11.5 Å². The van der Waals surface area contributed by atoms with E-state index in [1.807, 2.05) is 32.3 Å². The van der Waals surface area contributed by atoms with Crippen molar-refractivity contribution in [1.82, 2.24) is 24.8 Å². The van der Waals surface area contributed by atoms with Gasteiger partial charge in [0.1, 0.15) is 35.8 Å². The zero-order valence-corrected chi connectivity index (χ0v) is 30.8. The van der Waals surface area contributed by atoms with E-state index in [2.05, 4.69) is 29.9 Å². The molecule has 2 fully saturated rings. The maximum absolute atomic E-state index is 14.9. The molecule has 2 amide bonds. The molecule has 2 saturated carbocycles. The van der Waals surface area contributed by atoms with Gasteiger partial charge < -0.3 is 29.4 Å². The van der Waals surface area contributed by atoms with Gasteiger partial charge in [-0.3, -0.25) is 4.79 Å². The monoisotopic (exact) mass is 681 g/mol. The average Bonchev–Trinajstić information content (AvgIpc) is 3.77. The van der Waals surface area contributed by atoms with Gasteiger partial charge in [0.05, 0.1) is 17.7 Å². The number of ether oxygens (including phenoxy) is 2. The molecular weight excluding hydrogens is 630 g/mol. The topological polar surface area (TPSA) is 119 Å². The molecule has 5 rings (SSSR count). The van der Waals surface area contributed by atoms with Crippen LogP contribution < -0.4 is 10.1 Å². The molecule has 2 heterocycles. The predicted octanol–water partition coefficient (Wildman–Crippen LogP) is 7.77. The molecule has 10 nitrogen and oxygen atoms in total.